The number of nitrogens with two attached hydrogens (primary N) is 1. The van der Waals surface area contributed by atoms with E-state index in [4.69, 9.17) is 10.5 Å². The molecule has 14 heavy (non-hydrogen) atoms. The van der Waals surface area contributed by atoms with Gasteiger partial charge in [-0.25, -0.2) is 0 Å². The quantitative estimate of drug-likeness (QED) is 0.717. The molecule has 1 aromatic rings. The molecule has 0 heterocycles. The Morgan fingerprint density at radius 1 is 1.50 bits per heavy atom. The summed E-state index contributed by atoms with van der Waals surface area (Å²) in [4.78, 5) is 10.9. The first-order valence-corrected chi connectivity index (χ1v) is 4.36. The predicted molar refractivity (Wildman–Crippen MR) is 54.9 cm³/mol. The lowest BCUT2D eigenvalue weighted by Gasteiger charge is -2.13. The third-order valence-electron chi connectivity index (χ3n) is 1.72. The van der Waals surface area contributed by atoms with E-state index in [2.05, 4.69) is 6.58 Å². The van der Waals surface area contributed by atoms with Crippen molar-refractivity contribution in [1.82, 2.24) is 0 Å². The Balaban J connectivity index is 2.64. The van der Waals surface area contributed by atoms with Gasteiger partial charge in [0.2, 0.25) is 0 Å². The van der Waals surface area contributed by atoms with Gasteiger partial charge in [0.15, 0.2) is 6.10 Å². The van der Waals surface area contributed by atoms with Crippen LogP contribution in [0.1, 0.15) is 6.42 Å². The maximum Gasteiger partial charge on any atom is 0.258 e. The second-order valence-corrected chi connectivity index (χ2v) is 2.85. The smallest absolute Gasteiger partial charge is 0.258 e. The molecule has 0 aliphatic rings. The second kappa shape index (κ2) is 5.07. The van der Waals surface area contributed by atoms with Crippen molar-refractivity contribution in [3.8, 4) is 5.75 Å². The molecule has 3 nitrogen and oxygen atoms in total. The van der Waals surface area contributed by atoms with Crippen LogP contribution < -0.4 is 10.5 Å². The third-order valence-corrected chi connectivity index (χ3v) is 1.72. The van der Waals surface area contributed by atoms with Crippen LogP contribution >= 0.6 is 0 Å². The summed E-state index contributed by atoms with van der Waals surface area (Å²) in [5, 5.41) is 0. The molecule has 0 saturated heterocycles. The summed E-state index contributed by atoms with van der Waals surface area (Å²) < 4.78 is 5.37. The van der Waals surface area contributed by atoms with Gasteiger partial charge in [-0.05, 0) is 12.1 Å². The van der Waals surface area contributed by atoms with Gasteiger partial charge in [-0.3, -0.25) is 4.79 Å². The minimum absolute atomic E-state index is 0.421. The van der Waals surface area contributed by atoms with Gasteiger partial charge in [-0.2, -0.15) is 0 Å². The van der Waals surface area contributed by atoms with Gasteiger partial charge in [0, 0.05) is 6.42 Å². The van der Waals surface area contributed by atoms with Crippen LogP contribution in [0.4, 0.5) is 0 Å². The number of hydrogen-bond acceptors (Lipinski definition) is 2. The van der Waals surface area contributed by atoms with Gasteiger partial charge in [0.25, 0.3) is 5.91 Å². The van der Waals surface area contributed by atoms with Crippen molar-refractivity contribution in [2.24, 2.45) is 5.73 Å². The number of amides is 1. The van der Waals surface area contributed by atoms with Crippen molar-refractivity contribution in [2.45, 2.75) is 12.5 Å². The highest BCUT2D eigenvalue weighted by Crippen LogP contribution is 2.12. The molecule has 0 bridgehead atoms. The number of hydrogen-bond donors (Lipinski definition) is 1. The maximum atomic E-state index is 10.9. The van der Waals surface area contributed by atoms with Crippen molar-refractivity contribution in [3.05, 3.63) is 43.0 Å². The van der Waals surface area contributed by atoms with Crippen LogP contribution in [0, 0.1) is 0 Å². The normalized spacial score (nSPS) is 11.7. The van der Waals surface area contributed by atoms with Crippen molar-refractivity contribution in [2.75, 3.05) is 0 Å². The van der Waals surface area contributed by atoms with E-state index < -0.39 is 12.0 Å². The van der Waals surface area contributed by atoms with Gasteiger partial charge >= 0.3 is 0 Å². The average molecular weight is 191 g/mol. The van der Waals surface area contributed by atoms with E-state index in [9.17, 15) is 4.79 Å². The Kier molecular flexibility index (Phi) is 3.73. The van der Waals surface area contributed by atoms with E-state index >= 15 is 0 Å². The largest absolute Gasteiger partial charge is 0.480 e. The van der Waals surface area contributed by atoms with E-state index in [0.29, 0.717) is 12.2 Å². The van der Waals surface area contributed by atoms with Crippen molar-refractivity contribution >= 4 is 5.91 Å². The molecule has 1 aromatic carbocycles. The van der Waals surface area contributed by atoms with Gasteiger partial charge in [-0.1, -0.05) is 24.3 Å². The van der Waals surface area contributed by atoms with E-state index in [1.54, 1.807) is 18.2 Å². The molecule has 1 amide bonds. The summed E-state index contributed by atoms with van der Waals surface area (Å²) in [6, 6.07) is 9.10. The minimum atomic E-state index is -0.630. The number of primary amides is 1. The molecule has 0 spiro atoms. The first kappa shape index (κ1) is 10.3. The molecule has 0 aliphatic heterocycles. The fourth-order valence-electron chi connectivity index (χ4n) is 1.04. The highest BCUT2D eigenvalue weighted by Gasteiger charge is 2.14. The summed E-state index contributed by atoms with van der Waals surface area (Å²) in [6.45, 7) is 3.54. The Morgan fingerprint density at radius 2 is 2.14 bits per heavy atom. The van der Waals surface area contributed by atoms with Crippen LogP contribution in [-0.4, -0.2) is 12.0 Å². The Morgan fingerprint density at radius 3 is 2.64 bits per heavy atom. The van der Waals surface area contributed by atoms with E-state index in [0.717, 1.165) is 0 Å². The van der Waals surface area contributed by atoms with Crippen LogP contribution in [0.15, 0.2) is 43.0 Å². The maximum absolute atomic E-state index is 10.9. The number of benzene rings is 1. The zero-order chi connectivity index (χ0) is 10.4. The van der Waals surface area contributed by atoms with Gasteiger partial charge in [0.1, 0.15) is 5.75 Å². The number of rotatable bonds is 5. The van der Waals surface area contributed by atoms with Gasteiger partial charge in [0.05, 0.1) is 0 Å². The molecule has 3 heteroatoms. The van der Waals surface area contributed by atoms with Crippen LogP contribution in [-0.2, 0) is 4.79 Å². The fraction of sp³-hybridized carbons (Fsp3) is 0.182. The van der Waals surface area contributed by atoms with E-state index in [1.807, 2.05) is 18.2 Å². The van der Waals surface area contributed by atoms with Crippen LogP contribution in [0.5, 0.6) is 5.75 Å². The monoisotopic (exact) mass is 191 g/mol. The molecule has 0 aromatic heterocycles. The van der Waals surface area contributed by atoms with E-state index in [-0.39, 0.29) is 0 Å². The predicted octanol–water partition coefficient (Wildman–Crippen LogP) is 1.50. The summed E-state index contributed by atoms with van der Waals surface area (Å²) >= 11 is 0. The zero-order valence-electron chi connectivity index (χ0n) is 7.85. The standard InChI is InChI=1S/C11H13NO2/c1-2-6-10(11(12)13)14-9-7-4-3-5-8-9/h2-5,7-8,10H,1,6H2,(H2,12,13). The number of ether oxygens (including phenoxy) is 1. The summed E-state index contributed by atoms with van der Waals surface area (Å²) in [5.74, 6) is 0.159. The summed E-state index contributed by atoms with van der Waals surface area (Å²) in [7, 11) is 0. The molecule has 74 valence electrons. The molecular formula is C11H13NO2. The number of carbonyl (C=O) groups is 1. The molecule has 2 N–H and O–H groups in total. The van der Waals surface area contributed by atoms with Crippen molar-refractivity contribution in [3.63, 3.8) is 0 Å². The number of para-hydroxylation sites is 1. The average Bonchev–Trinajstić information content (AvgIpc) is 2.18. The third kappa shape index (κ3) is 2.94. The highest BCUT2D eigenvalue weighted by molar-refractivity contribution is 5.79. The van der Waals surface area contributed by atoms with Crippen molar-refractivity contribution < 1.29 is 9.53 Å². The molecule has 0 aliphatic carbocycles. The van der Waals surface area contributed by atoms with Crippen LogP contribution in [0.2, 0.25) is 0 Å². The topological polar surface area (TPSA) is 52.3 Å². The molecule has 1 rings (SSSR count). The van der Waals surface area contributed by atoms with Gasteiger partial charge < -0.3 is 10.5 Å². The van der Waals surface area contributed by atoms with Crippen LogP contribution in [0.3, 0.4) is 0 Å². The molecule has 1 atom stereocenters. The lowest BCUT2D eigenvalue weighted by molar-refractivity contribution is -0.124. The SMILES string of the molecule is C=CCC(Oc1ccccc1)C(N)=O. The first-order chi connectivity index (χ1) is 6.74. The molecule has 0 fully saturated rings. The molecular weight excluding hydrogens is 178 g/mol. The van der Waals surface area contributed by atoms with E-state index in [1.165, 1.54) is 0 Å². The lowest BCUT2D eigenvalue weighted by Crippen LogP contribution is -2.33. The molecule has 1 unspecified atom stereocenters. The lowest BCUT2D eigenvalue weighted by atomic mass is 10.2. The Hall–Kier alpha value is -1.77. The first-order valence-electron chi connectivity index (χ1n) is 4.36. The zero-order valence-corrected chi connectivity index (χ0v) is 7.85. The fourth-order valence-corrected chi connectivity index (χ4v) is 1.04. The van der Waals surface area contributed by atoms with Gasteiger partial charge in [-0.15, -0.1) is 6.58 Å². The number of carbonyl (C=O) groups excluding carboxylic acids is 1. The molecule has 0 saturated carbocycles. The minimum Gasteiger partial charge on any atom is -0.480 e. The Labute approximate surface area is 83.2 Å². The summed E-state index contributed by atoms with van der Waals surface area (Å²) in [6.07, 6.45) is 1.40. The second-order valence-electron chi connectivity index (χ2n) is 2.85. The molecule has 0 radical (unpaired) electrons. The Bertz CT molecular complexity index is 308. The van der Waals surface area contributed by atoms with Crippen LogP contribution in [0.25, 0.3) is 0 Å². The van der Waals surface area contributed by atoms with Crippen molar-refractivity contribution in [1.29, 1.82) is 0 Å². The highest BCUT2D eigenvalue weighted by atomic mass is 16.5. The summed E-state index contributed by atoms with van der Waals surface area (Å²) in [5.41, 5.74) is 5.16.